The molecule has 0 saturated carbocycles. The van der Waals surface area contributed by atoms with E-state index in [2.05, 4.69) is 41.5 Å². The maximum absolute atomic E-state index is 11.7. The molecule has 0 heterocycles. The van der Waals surface area contributed by atoms with E-state index in [1.807, 2.05) is 12.1 Å². The predicted octanol–water partition coefficient (Wildman–Crippen LogP) is 4.56. The van der Waals surface area contributed by atoms with Gasteiger partial charge in [-0.2, -0.15) is 8.42 Å². The van der Waals surface area contributed by atoms with Crippen molar-refractivity contribution in [3.05, 3.63) is 29.8 Å². The number of rotatable bonds is 5. The Bertz CT molecular complexity index is 541. The minimum Gasteiger partial charge on any atom is -0.282 e. The first-order valence-electron chi connectivity index (χ1n) is 7.13. The Balaban J connectivity index is 0.00000400. The lowest BCUT2D eigenvalue weighted by molar-refractivity contribution is 0.144. The lowest BCUT2D eigenvalue weighted by Crippen LogP contribution is -2.43. The number of halogens is 1. The van der Waals surface area contributed by atoms with Gasteiger partial charge in [-0.25, -0.2) is 0 Å². The standard InChI is InChI=1S/C16H26O3S.ClH/c1-11(2)16(12(3)4,13(5)6)14-9-7-8-10-15(14)20(17,18)19;/h7-13H,1-6H3,(H,17,18,19);1H. The topological polar surface area (TPSA) is 54.4 Å². The first kappa shape index (κ1) is 20.4. The predicted molar refractivity (Wildman–Crippen MR) is 89.7 cm³/mol. The van der Waals surface area contributed by atoms with Crippen molar-refractivity contribution in [3.63, 3.8) is 0 Å². The lowest BCUT2D eigenvalue weighted by atomic mass is 9.58. The summed E-state index contributed by atoms with van der Waals surface area (Å²) in [5.74, 6) is 0.765. The van der Waals surface area contributed by atoms with E-state index in [9.17, 15) is 13.0 Å². The molecular formula is C16H27ClO3S. The fourth-order valence-corrected chi connectivity index (χ4v) is 4.76. The molecule has 1 aromatic carbocycles. The van der Waals surface area contributed by atoms with Crippen molar-refractivity contribution < 1.29 is 13.0 Å². The van der Waals surface area contributed by atoms with Gasteiger partial charge >= 0.3 is 0 Å². The average Bonchev–Trinajstić information content (AvgIpc) is 2.27. The van der Waals surface area contributed by atoms with Crippen molar-refractivity contribution >= 4 is 22.5 Å². The average molecular weight is 335 g/mol. The van der Waals surface area contributed by atoms with Crippen LogP contribution in [0.1, 0.15) is 47.1 Å². The van der Waals surface area contributed by atoms with Crippen LogP contribution in [0.15, 0.2) is 29.2 Å². The molecule has 0 aliphatic rings. The molecule has 0 saturated heterocycles. The SMILES string of the molecule is CC(C)C(c1ccccc1S(=O)(=O)O)(C(C)C)C(C)C.Cl. The van der Waals surface area contributed by atoms with Crippen LogP contribution in [0, 0.1) is 17.8 Å². The zero-order valence-electron chi connectivity index (χ0n) is 13.6. The summed E-state index contributed by atoms with van der Waals surface area (Å²) < 4.78 is 33.0. The molecule has 1 rings (SSSR count). The van der Waals surface area contributed by atoms with Crippen LogP contribution in [0.25, 0.3) is 0 Å². The third kappa shape index (κ3) is 3.61. The van der Waals surface area contributed by atoms with Crippen molar-refractivity contribution in [1.82, 2.24) is 0 Å². The summed E-state index contributed by atoms with van der Waals surface area (Å²) in [5, 5.41) is 0. The molecule has 5 heteroatoms. The summed E-state index contributed by atoms with van der Waals surface area (Å²) in [6, 6.07) is 6.82. The molecule has 122 valence electrons. The highest BCUT2D eigenvalue weighted by molar-refractivity contribution is 7.85. The van der Waals surface area contributed by atoms with Gasteiger partial charge < -0.3 is 0 Å². The largest absolute Gasteiger partial charge is 0.294 e. The zero-order chi connectivity index (χ0) is 15.7. The molecular weight excluding hydrogens is 308 g/mol. The van der Waals surface area contributed by atoms with E-state index < -0.39 is 10.1 Å². The maximum Gasteiger partial charge on any atom is 0.294 e. The molecule has 1 N–H and O–H groups in total. The van der Waals surface area contributed by atoms with Crippen LogP contribution >= 0.6 is 12.4 Å². The van der Waals surface area contributed by atoms with E-state index in [4.69, 9.17) is 0 Å². The van der Waals surface area contributed by atoms with Crippen LogP contribution in [0.4, 0.5) is 0 Å². The summed E-state index contributed by atoms with van der Waals surface area (Å²) in [6.07, 6.45) is 0. The van der Waals surface area contributed by atoms with E-state index in [0.29, 0.717) is 0 Å². The second kappa shape index (κ2) is 7.12. The highest BCUT2D eigenvalue weighted by Crippen LogP contribution is 2.47. The van der Waals surface area contributed by atoms with Crippen molar-refractivity contribution in [3.8, 4) is 0 Å². The third-order valence-electron chi connectivity index (χ3n) is 4.50. The Morgan fingerprint density at radius 2 is 1.29 bits per heavy atom. The summed E-state index contributed by atoms with van der Waals surface area (Å²) in [5.41, 5.74) is 0.425. The van der Waals surface area contributed by atoms with Gasteiger partial charge in [0.2, 0.25) is 0 Å². The molecule has 0 unspecified atom stereocenters. The van der Waals surface area contributed by atoms with Crippen LogP contribution in [0.2, 0.25) is 0 Å². The van der Waals surface area contributed by atoms with E-state index >= 15 is 0 Å². The van der Waals surface area contributed by atoms with Gasteiger partial charge in [0, 0.05) is 5.41 Å². The molecule has 0 atom stereocenters. The van der Waals surface area contributed by atoms with Gasteiger partial charge in [0.1, 0.15) is 0 Å². The van der Waals surface area contributed by atoms with Gasteiger partial charge in [0.15, 0.2) is 0 Å². The Kier molecular flexibility index (Phi) is 6.92. The van der Waals surface area contributed by atoms with Crippen molar-refractivity contribution in [1.29, 1.82) is 0 Å². The van der Waals surface area contributed by atoms with E-state index in [1.54, 1.807) is 6.07 Å². The molecule has 1 aromatic rings. The quantitative estimate of drug-likeness (QED) is 0.803. The monoisotopic (exact) mass is 334 g/mol. The van der Waals surface area contributed by atoms with E-state index in [1.165, 1.54) is 6.07 Å². The fraction of sp³-hybridized carbons (Fsp3) is 0.625. The summed E-state index contributed by atoms with van der Waals surface area (Å²) in [4.78, 5) is 0.0381. The van der Waals surface area contributed by atoms with Crippen molar-refractivity contribution in [2.45, 2.75) is 51.9 Å². The Hall–Kier alpha value is -0.580. The van der Waals surface area contributed by atoms with Gasteiger partial charge in [-0.1, -0.05) is 59.7 Å². The van der Waals surface area contributed by atoms with Gasteiger partial charge in [-0.05, 0) is 29.4 Å². The second-order valence-corrected chi connectivity index (χ2v) is 7.76. The van der Waals surface area contributed by atoms with Crippen LogP contribution < -0.4 is 0 Å². The van der Waals surface area contributed by atoms with Gasteiger partial charge in [0.25, 0.3) is 10.1 Å². The number of hydrogen-bond acceptors (Lipinski definition) is 2. The van der Waals surface area contributed by atoms with Gasteiger partial charge in [0.05, 0.1) is 4.90 Å². The summed E-state index contributed by atoms with van der Waals surface area (Å²) in [6.45, 7) is 12.7. The number of hydrogen-bond donors (Lipinski definition) is 1. The molecule has 0 radical (unpaired) electrons. The molecule has 0 aliphatic carbocycles. The molecule has 21 heavy (non-hydrogen) atoms. The Labute approximate surface area is 135 Å². The fourth-order valence-electron chi connectivity index (χ4n) is 3.98. The molecule has 0 bridgehead atoms. The molecule has 0 amide bonds. The van der Waals surface area contributed by atoms with E-state index in [-0.39, 0.29) is 40.5 Å². The van der Waals surface area contributed by atoms with Gasteiger partial charge in [-0.3, -0.25) is 4.55 Å². The highest BCUT2D eigenvalue weighted by atomic mass is 35.5. The molecule has 0 fully saturated rings. The molecule has 0 spiro atoms. The van der Waals surface area contributed by atoms with E-state index in [0.717, 1.165) is 5.56 Å². The Morgan fingerprint density at radius 1 is 0.905 bits per heavy atom. The van der Waals surface area contributed by atoms with Crippen LogP contribution in [-0.2, 0) is 15.5 Å². The smallest absolute Gasteiger partial charge is 0.282 e. The third-order valence-corrected chi connectivity index (χ3v) is 5.41. The first-order chi connectivity index (χ1) is 9.06. The normalized spacial score (nSPS) is 12.9. The lowest BCUT2D eigenvalue weighted by Gasteiger charge is -2.46. The summed E-state index contributed by atoms with van der Waals surface area (Å²) >= 11 is 0. The highest BCUT2D eigenvalue weighted by Gasteiger charge is 2.44. The van der Waals surface area contributed by atoms with Crippen LogP contribution in [0.3, 0.4) is 0 Å². The minimum absolute atomic E-state index is 0. The maximum atomic E-state index is 11.7. The zero-order valence-corrected chi connectivity index (χ0v) is 15.3. The first-order valence-corrected chi connectivity index (χ1v) is 8.57. The molecule has 0 aromatic heterocycles. The van der Waals surface area contributed by atoms with Crippen molar-refractivity contribution in [2.75, 3.05) is 0 Å². The van der Waals surface area contributed by atoms with Gasteiger partial charge in [-0.15, -0.1) is 12.4 Å². The minimum atomic E-state index is -4.22. The molecule has 3 nitrogen and oxygen atoms in total. The van der Waals surface area contributed by atoms with Crippen molar-refractivity contribution in [2.24, 2.45) is 17.8 Å². The summed E-state index contributed by atoms with van der Waals surface area (Å²) in [7, 11) is -4.22. The molecule has 0 aliphatic heterocycles. The second-order valence-electron chi connectivity index (χ2n) is 6.37. The van der Waals surface area contributed by atoms with Crippen LogP contribution in [0.5, 0.6) is 0 Å². The van der Waals surface area contributed by atoms with Crippen LogP contribution in [-0.4, -0.2) is 13.0 Å². The Morgan fingerprint density at radius 3 is 1.62 bits per heavy atom. The number of benzene rings is 1.